The number of carbonyl (C=O) groups excluding carboxylic acids is 1. The molecule has 0 aliphatic heterocycles. The average molecular weight is 199 g/mol. The van der Waals surface area contributed by atoms with E-state index in [0.717, 1.165) is 4.53 Å². The van der Waals surface area contributed by atoms with Crippen molar-refractivity contribution in [1.82, 2.24) is 4.57 Å². The van der Waals surface area contributed by atoms with E-state index in [9.17, 15) is 4.79 Å². The van der Waals surface area contributed by atoms with E-state index < -0.39 is 0 Å². The van der Waals surface area contributed by atoms with E-state index in [1.165, 1.54) is 22.8 Å². The number of aromatic nitrogens is 1. The molecule has 1 rings (SSSR count). The van der Waals surface area contributed by atoms with Crippen LogP contribution in [-0.4, -0.2) is 10.5 Å². The Balaban J connectivity index is 3.74. The Morgan fingerprint density at radius 3 is 2.58 bits per heavy atom. The van der Waals surface area contributed by atoms with Crippen LogP contribution < -0.4 is 9.20 Å². The summed E-state index contributed by atoms with van der Waals surface area (Å²) in [5, 5.41) is 0. The highest BCUT2D eigenvalue weighted by atomic mass is 32.1. The molecule has 64 valence electrons. The summed E-state index contributed by atoms with van der Waals surface area (Å²) in [7, 11) is 0. The summed E-state index contributed by atoms with van der Waals surface area (Å²) in [6, 6.07) is 0. The van der Waals surface area contributed by atoms with Gasteiger partial charge in [-0.1, -0.05) is 24.9 Å². The van der Waals surface area contributed by atoms with Gasteiger partial charge in [-0.25, -0.2) is 0 Å². The van der Waals surface area contributed by atoms with Gasteiger partial charge in [0.25, 0.3) is 0 Å². The number of carbonyl (C=O) groups is 1. The number of rotatable bonds is 0. The second-order valence-electron chi connectivity index (χ2n) is 2.31. The molecule has 0 saturated carbocycles. The fraction of sp³-hybridized carbons (Fsp3) is 0.250. The first kappa shape index (κ1) is 9.35. The van der Waals surface area contributed by atoms with Gasteiger partial charge in [0.2, 0.25) is 5.91 Å². The Hall–Kier alpha value is -0.740. The van der Waals surface area contributed by atoms with E-state index in [-0.39, 0.29) is 5.91 Å². The minimum Gasteiger partial charge on any atom is -0.274 e. The zero-order chi connectivity index (χ0) is 9.30. The van der Waals surface area contributed by atoms with Crippen molar-refractivity contribution >= 4 is 42.1 Å². The van der Waals surface area contributed by atoms with Crippen molar-refractivity contribution in [1.29, 1.82) is 0 Å². The van der Waals surface area contributed by atoms with E-state index in [0.29, 0.717) is 9.30 Å². The molecule has 0 aromatic carbocycles. The van der Waals surface area contributed by atoms with Gasteiger partial charge >= 0.3 is 0 Å². The second kappa shape index (κ2) is 3.33. The van der Waals surface area contributed by atoms with E-state index in [1.54, 1.807) is 0 Å². The predicted octanol–water partition coefficient (Wildman–Crippen LogP) is 1.15. The average Bonchev–Trinajstić information content (AvgIpc) is 2.25. The Bertz CT molecular complexity index is 466. The van der Waals surface area contributed by atoms with Crippen LogP contribution in [0.5, 0.6) is 0 Å². The molecule has 4 heteroatoms. The molecule has 0 fully saturated rings. The standard InChI is InChI=1S/C8H9NOS2/c1-4-7-8(11)9(5(2)10)6(3)12-7/h4H,3H2,1-2H3/b7-4+. The van der Waals surface area contributed by atoms with Crippen LogP contribution in [0.1, 0.15) is 18.6 Å². The van der Waals surface area contributed by atoms with Crippen molar-refractivity contribution in [2.45, 2.75) is 13.8 Å². The van der Waals surface area contributed by atoms with Crippen LogP contribution in [-0.2, 0) is 0 Å². The van der Waals surface area contributed by atoms with Crippen LogP contribution in [0.15, 0.2) is 0 Å². The lowest BCUT2D eigenvalue weighted by Crippen LogP contribution is -2.18. The summed E-state index contributed by atoms with van der Waals surface area (Å²) in [5.74, 6) is -0.0747. The van der Waals surface area contributed by atoms with Crippen molar-refractivity contribution in [3.8, 4) is 0 Å². The molecule has 0 N–H and O–H groups in total. The molecule has 0 unspecified atom stereocenters. The van der Waals surface area contributed by atoms with Crippen molar-refractivity contribution in [3.63, 3.8) is 0 Å². The zero-order valence-corrected chi connectivity index (χ0v) is 8.59. The largest absolute Gasteiger partial charge is 0.274 e. The highest BCUT2D eigenvalue weighted by molar-refractivity contribution is 7.71. The normalized spacial score (nSPS) is 12.0. The number of nitrogens with zero attached hydrogens (tertiary/aromatic N) is 1. The molecule has 1 aromatic heterocycles. The third-order valence-corrected chi connectivity index (χ3v) is 3.07. The molecule has 1 aromatic rings. The monoisotopic (exact) mass is 199 g/mol. The third-order valence-electron chi connectivity index (χ3n) is 1.47. The maximum atomic E-state index is 11.1. The summed E-state index contributed by atoms with van der Waals surface area (Å²) in [6.45, 7) is 7.12. The summed E-state index contributed by atoms with van der Waals surface area (Å²) in [4.78, 5) is 11.1. The van der Waals surface area contributed by atoms with E-state index in [4.69, 9.17) is 12.2 Å². The fourth-order valence-corrected chi connectivity index (χ4v) is 2.34. The quantitative estimate of drug-likeness (QED) is 0.585. The number of hydrogen-bond donors (Lipinski definition) is 0. The van der Waals surface area contributed by atoms with Gasteiger partial charge in [-0.15, -0.1) is 11.3 Å². The molecule has 0 amide bonds. The molecule has 1 heterocycles. The zero-order valence-electron chi connectivity index (χ0n) is 6.96. The molecule has 0 aliphatic carbocycles. The Labute approximate surface area is 79.5 Å². The van der Waals surface area contributed by atoms with Gasteiger partial charge in [0.15, 0.2) is 0 Å². The minimum atomic E-state index is -0.0747. The Morgan fingerprint density at radius 1 is 1.75 bits per heavy atom. The molecular weight excluding hydrogens is 190 g/mol. The van der Waals surface area contributed by atoms with Crippen LogP contribution in [0.3, 0.4) is 0 Å². The van der Waals surface area contributed by atoms with Crippen LogP contribution in [0.25, 0.3) is 12.7 Å². The molecular formula is C8H9NOS2. The Kier molecular flexibility index (Phi) is 2.59. The van der Waals surface area contributed by atoms with Crippen molar-refractivity contribution in [2.75, 3.05) is 0 Å². The van der Waals surface area contributed by atoms with E-state index in [2.05, 4.69) is 6.58 Å². The third kappa shape index (κ3) is 1.40. The SMILES string of the molecule is C=c1s/c(=C/C)c(=S)n1C(C)=O. The molecule has 0 bridgehead atoms. The lowest BCUT2D eigenvalue weighted by atomic mass is 10.6. The summed E-state index contributed by atoms with van der Waals surface area (Å²) in [6.07, 6.45) is 1.89. The van der Waals surface area contributed by atoms with E-state index >= 15 is 0 Å². The van der Waals surface area contributed by atoms with Gasteiger partial charge in [-0.2, -0.15) is 0 Å². The van der Waals surface area contributed by atoms with Crippen LogP contribution >= 0.6 is 23.6 Å². The van der Waals surface area contributed by atoms with Gasteiger partial charge in [0, 0.05) is 6.92 Å². The lowest BCUT2D eigenvalue weighted by Gasteiger charge is -1.91. The molecule has 0 spiro atoms. The first-order valence-corrected chi connectivity index (χ1v) is 4.68. The lowest BCUT2D eigenvalue weighted by molar-refractivity contribution is 0.0933. The van der Waals surface area contributed by atoms with Crippen molar-refractivity contribution < 1.29 is 4.79 Å². The van der Waals surface area contributed by atoms with E-state index in [1.807, 2.05) is 13.0 Å². The molecule has 2 nitrogen and oxygen atoms in total. The van der Waals surface area contributed by atoms with Crippen LogP contribution in [0.2, 0.25) is 0 Å². The maximum Gasteiger partial charge on any atom is 0.229 e. The van der Waals surface area contributed by atoms with Crippen LogP contribution in [0, 0.1) is 4.64 Å². The first-order valence-electron chi connectivity index (χ1n) is 3.46. The van der Waals surface area contributed by atoms with Crippen LogP contribution in [0.4, 0.5) is 0 Å². The minimum absolute atomic E-state index is 0.0747. The van der Waals surface area contributed by atoms with Gasteiger partial charge in [0.05, 0.1) is 9.20 Å². The Morgan fingerprint density at radius 2 is 2.33 bits per heavy atom. The highest BCUT2D eigenvalue weighted by Gasteiger charge is 2.01. The van der Waals surface area contributed by atoms with Gasteiger partial charge in [-0.05, 0) is 6.92 Å². The molecule has 0 atom stereocenters. The van der Waals surface area contributed by atoms with Gasteiger partial charge < -0.3 is 0 Å². The molecule has 0 aliphatic rings. The summed E-state index contributed by atoms with van der Waals surface area (Å²) in [5.41, 5.74) is 0. The summed E-state index contributed by atoms with van der Waals surface area (Å²) < 4.78 is 3.65. The maximum absolute atomic E-state index is 11.1. The predicted molar refractivity (Wildman–Crippen MR) is 54.4 cm³/mol. The fourth-order valence-electron chi connectivity index (χ4n) is 0.941. The first-order chi connectivity index (χ1) is 5.57. The molecule has 12 heavy (non-hydrogen) atoms. The summed E-state index contributed by atoms with van der Waals surface area (Å²) >= 11 is 6.51. The highest BCUT2D eigenvalue weighted by Crippen LogP contribution is 1.87. The molecule has 0 saturated heterocycles. The second-order valence-corrected chi connectivity index (χ2v) is 3.81. The number of hydrogen-bond acceptors (Lipinski definition) is 3. The van der Waals surface area contributed by atoms with Gasteiger partial charge in [-0.3, -0.25) is 9.36 Å². The van der Waals surface area contributed by atoms with Crippen molar-refractivity contribution in [2.24, 2.45) is 0 Å². The topological polar surface area (TPSA) is 22.0 Å². The van der Waals surface area contributed by atoms with Crippen molar-refractivity contribution in [3.05, 3.63) is 13.8 Å². The number of thiazole rings is 1. The van der Waals surface area contributed by atoms with Gasteiger partial charge in [0.1, 0.15) is 4.64 Å². The smallest absolute Gasteiger partial charge is 0.229 e. The molecule has 0 radical (unpaired) electrons.